The van der Waals surface area contributed by atoms with Gasteiger partial charge in [0.25, 0.3) is 0 Å². The van der Waals surface area contributed by atoms with E-state index in [1.807, 2.05) is 67.2 Å². The molecule has 0 saturated carbocycles. The zero-order chi connectivity index (χ0) is 46.2. The molecule has 5 heterocycles. The summed E-state index contributed by atoms with van der Waals surface area (Å²) in [5, 5.41) is 12.3. The molecule has 3 aromatic heterocycles. The number of aromatic amines is 2. The van der Waals surface area contributed by atoms with E-state index in [0.717, 1.165) is 83.3 Å². The Balaban J connectivity index is 1.05. The van der Waals surface area contributed by atoms with Crippen molar-refractivity contribution in [3.8, 4) is 51.0 Å². The van der Waals surface area contributed by atoms with Gasteiger partial charge in [0, 0.05) is 53.4 Å². The fraction of sp³-hybridized carbons (Fsp3) is 0.412. The summed E-state index contributed by atoms with van der Waals surface area (Å²) < 4.78 is 6.90. The van der Waals surface area contributed by atoms with Crippen molar-refractivity contribution in [2.75, 3.05) is 20.2 Å². The van der Waals surface area contributed by atoms with Crippen LogP contribution in [-0.2, 0) is 19.7 Å². The Morgan fingerprint density at radius 1 is 0.708 bits per heavy atom. The number of imidazole rings is 2. The average Bonchev–Trinajstić information content (AvgIpc) is 4.16. The first-order valence-corrected chi connectivity index (χ1v) is 22.8. The van der Waals surface area contributed by atoms with E-state index in [-0.39, 0.29) is 41.1 Å². The number of amides is 3. The van der Waals surface area contributed by atoms with E-state index in [1.54, 1.807) is 0 Å². The normalized spacial score (nSPS) is 17.1. The minimum Gasteiger partial charge on any atom is -0.453 e. The summed E-state index contributed by atoms with van der Waals surface area (Å²) >= 11 is 0. The molecule has 2 unspecified atom stereocenters. The highest BCUT2D eigenvalue weighted by atomic mass is 16.5. The fourth-order valence-corrected chi connectivity index (χ4v) is 8.86. The number of nitrogens with zero attached hydrogens (tertiary/aromatic N) is 7. The number of nitrogens with one attached hydrogen (secondary N) is 3. The number of benzene rings is 3. The van der Waals surface area contributed by atoms with Crippen molar-refractivity contribution in [1.82, 2.24) is 49.8 Å². The van der Waals surface area contributed by atoms with Gasteiger partial charge in [-0.05, 0) is 67.6 Å². The third kappa shape index (κ3) is 9.21. The zero-order valence-corrected chi connectivity index (χ0v) is 39.0. The summed E-state index contributed by atoms with van der Waals surface area (Å²) in [6.45, 7) is 17.8. The Labute approximate surface area is 381 Å². The number of hydrogen-bond acceptors (Lipinski definition) is 8. The second-order valence-corrected chi connectivity index (χ2v) is 19.0. The maximum absolute atomic E-state index is 13.7. The van der Waals surface area contributed by atoms with Crippen LogP contribution in [0, 0.1) is 17.8 Å². The van der Waals surface area contributed by atoms with Crippen LogP contribution in [0.1, 0.15) is 110 Å². The minimum absolute atomic E-state index is 0.0118. The van der Waals surface area contributed by atoms with E-state index in [1.165, 1.54) is 12.7 Å². The Hall–Kier alpha value is -6.57. The van der Waals surface area contributed by atoms with Gasteiger partial charge in [-0.1, -0.05) is 109 Å². The monoisotopic (exact) mass is 877 g/mol. The van der Waals surface area contributed by atoms with Crippen molar-refractivity contribution in [2.24, 2.45) is 11.8 Å². The van der Waals surface area contributed by atoms with Gasteiger partial charge in [-0.15, -0.1) is 10.2 Å². The Kier molecular flexibility index (Phi) is 12.8. The van der Waals surface area contributed by atoms with Crippen LogP contribution >= 0.6 is 0 Å². The van der Waals surface area contributed by atoms with E-state index in [4.69, 9.17) is 24.9 Å². The Morgan fingerprint density at radius 3 is 1.65 bits per heavy atom. The maximum Gasteiger partial charge on any atom is 0.407 e. The molecule has 1 radical (unpaired) electrons. The molecule has 339 valence electrons. The number of hydrogen-bond donors (Lipinski definition) is 3. The van der Waals surface area contributed by atoms with Gasteiger partial charge in [0.05, 0.1) is 36.5 Å². The first kappa shape index (κ1) is 45.0. The standard InChI is InChI=1S/C51H61N10O4/c1-30(2)32(5)48(62)59-26-10-12-41(59)44-52-28-39(54-44)33-14-18-35(19-15-33)46-57-58-47(61(46)38-24-22-37(23-25-38)51(6,7)8)36-20-16-34(17-21-36)40-29-53-45(55-40)42-13-11-27-60(42)49(63)43(31(3)4)56-50(64)65-9/h14-25,28-31,41-43H,10-13,26-27H2,1-9H3,(H,52,54)(H,53,55)(H,56,64)/t41-,42?,43?/m0/s1. The van der Waals surface area contributed by atoms with Gasteiger partial charge in [-0.25, -0.2) is 14.8 Å². The summed E-state index contributed by atoms with van der Waals surface area (Å²) in [7, 11) is 1.29. The lowest BCUT2D eigenvalue weighted by atomic mass is 9.87. The molecule has 3 aromatic carbocycles. The van der Waals surface area contributed by atoms with Crippen molar-refractivity contribution in [3.05, 3.63) is 108 Å². The van der Waals surface area contributed by atoms with Crippen LogP contribution in [0.15, 0.2) is 85.2 Å². The smallest absolute Gasteiger partial charge is 0.407 e. The lowest BCUT2D eigenvalue weighted by molar-refractivity contribution is -0.135. The van der Waals surface area contributed by atoms with Crippen molar-refractivity contribution in [2.45, 2.75) is 105 Å². The molecule has 0 aliphatic carbocycles. The predicted molar refractivity (Wildman–Crippen MR) is 251 cm³/mol. The van der Waals surface area contributed by atoms with Crippen LogP contribution in [-0.4, -0.2) is 88.6 Å². The van der Waals surface area contributed by atoms with E-state index in [0.29, 0.717) is 24.0 Å². The van der Waals surface area contributed by atoms with E-state index in [2.05, 4.69) is 103 Å². The van der Waals surface area contributed by atoms with Crippen LogP contribution in [0.4, 0.5) is 4.79 Å². The number of ether oxygens (including phenoxy) is 1. The second kappa shape index (κ2) is 18.5. The zero-order valence-electron chi connectivity index (χ0n) is 39.0. The first-order chi connectivity index (χ1) is 31.1. The number of aromatic nitrogens is 7. The lowest BCUT2D eigenvalue weighted by Gasteiger charge is -2.29. The quantitative estimate of drug-likeness (QED) is 0.109. The fourth-order valence-electron chi connectivity index (χ4n) is 8.86. The van der Waals surface area contributed by atoms with Crippen LogP contribution in [0.5, 0.6) is 0 Å². The van der Waals surface area contributed by atoms with Crippen LogP contribution in [0.3, 0.4) is 0 Å². The molecule has 8 rings (SSSR count). The molecule has 65 heavy (non-hydrogen) atoms. The highest BCUT2D eigenvalue weighted by Gasteiger charge is 2.38. The number of H-pyrrole nitrogens is 2. The van der Waals surface area contributed by atoms with Crippen LogP contribution in [0.25, 0.3) is 51.0 Å². The molecule has 14 nitrogen and oxygen atoms in total. The van der Waals surface area contributed by atoms with Gasteiger partial charge in [0.15, 0.2) is 11.6 Å². The maximum atomic E-state index is 13.7. The lowest BCUT2D eigenvalue weighted by Crippen LogP contribution is -2.51. The van der Waals surface area contributed by atoms with Gasteiger partial charge >= 0.3 is 6.09 Å². The number of carbonyl (C=O) groups is 3. The molecule has 3 atom stereocenters. The molecular formula is C51H61N10O4. The summed E-state index contributed by atoms with van der Waals surface area (Å²) in [6.07, 6.45) is 6.61. The molecule has 14 heteroatoms. The highest BCUT2D eigenvalue weighted by Crippen LogP contribution is 2.37. The van der Waals surface area contributed by atoms with Gasteiger partial charge in [0.2, 0.25) is 11.8 Å². The Bertz CT molecular complexity index is 2620. The van der Waals surface area contributed by atoms with E-state index < -0.39 is 12.1 Å². The summed E-state index contributed by atoms with van der Waals surface area (Å²) in [5.74, 6) is 3.83. The predicted octanol–water partition coefficient (Wildman–Crippen LogP) is 9.64. The van der Waals surface area contributed by atoms with Crippen LogP contribution < -0.4 is 5.32 Å². The largest absolute Gasteiger partial charge is 0.453 e. The molecule has 2 fully saturated rings. The molecule has 3 amide bonds. The number of alkyl carbamates (subject to hydrolysis) is 1. The molecule has 0 spiro atoms. The number of likely N-dealkylation sites (tertiary alicyclic amines) is 2. The molecule has 6 aromatic rings. The molecule has 0 bridgehead atoms. The first-order valence-electron chi connectivity index (χ1n) is 22.8. The van der Waals surface area contributed by atoms with Gasteiger partial charge in [0.1, 0.15) is 17.7 Å². The van der Waals surface area contributed by atoms with Crippen molar-refractivity contribution >= 4 is 17.9 Å². The summed E-state index contributed by atoms with van der Waals surface area (Å²) in [6, 6.07) is 23.9. The van der Waals surface area contributed by atoms with Gasteiger partial charge in [-0.2, -0.15) is 0 Å². The Morgan fingerprint density at radius 2 is 1.18 bits per heavy atom. The number of carbonyl (C=O) groups excluding carboxylic acids is 3. The van der Waals surface area contributed by atoms with E-state index >= 15 is 0 Å². The molecule has 2 aliphatic heterocycles. The van der Waals surface area contributed by atoms with E-state index in [9.17, 15) is 14.4 Å². The van der Waals surface area contributed by atoms with Crippen LogP contribution in [0.2, 0.25) is 0 Å². The topological polar surface area (TPSA) is 167 Å². The number of methoxy groups -OCH3 is 1. The number of rotatable bonds is 12. The third-order valence-electron chi connectivity index (χ3n) is 13.0. The molecule has 2 aliphatic rings. The van der Waals surface area contributed by atoms with Gasteiger partial charge in [-0.3, -0.25) is 14.2 Å². The average molecular weight is 878 g/mol. The highest BCUT2D eigenvalue weighted by molar-refractivity contribution is 5.90. The SMILES string of the molecule is COC(=O)NC(C(=O)N1CCCC1c1nc(-c2ccc(-c3nnc(-c4ccc(-c5c[nH]c([C@@H]6CCCN6C(=O)[C](C)C(C)C)n5)cc4)n3-c3ccc(C(C)(C)C)cc3)cc2)c[nH]1)C(C)C. The van der Waals surface area contributed by atoms with Gasteiger partial charge < -0.3 is 29.8 Å². The third-order valence-corrected chi connectivity index (χ3v) is 13.0. The molecule has 2 saturated heterocycles. The van der Waals surface area contributed by atoms with Crippen molar-refractivity contribution in [3.63, 3.8) is 0 Å². The summed E-state index contributed by atoms with van der Waals surface area (Å²) in [4.78, 5) is 59.6. The second-order valence-electron chi connectivity index (χ2n) is 19.0. The molecular weight excluding hydrogens is 817 g/mol. The van der Waals surface area contributed by atoms with Crippen molar-refractivity contribution in [1.29, 1.82) is 0 Å². The summed E-state index contributed by atoms with van der Waals surface area (Å²) in [5.41, 5.74) is 7.38. The minimum atomic E-state index is -0.704. The van der Waals surface area contributed by atoms with Crippen molar-refractivity contribution < 1.29 is 19.1 Å². The molecule has 3 N–H and O–H groups in total.